The molecule has 0 radical (unpaired) electrons. The van der Waals surface area contributed by atoms with E-state index in [1.807, 2.05) is 48.5 Å². The van der Waals surface area contributed by atoms with Crippen molar-refractivity contribution in [3.63, 3.8) is 0 Å². The molecule has 9 heteroatoms. The Morgan fingerprint density at radius 3 is 2.15 bits per heavy atom. The Hall–Kier alpha value is -3.88. The van der Waals surface area contributed by atoms with Crippen LogP contribution in [-0.4, -0.2) is 52.2 Å². The monoisotopic (exact) mass is 465 g/mol. The number of nitrogens with zero attached hydrogens (tertiary/aromatic N) is 1. The number of hydrogen-bond acceptors (Lipinski definition) is 5. The van der Waals surface area contributed by atoms with Crippen LogP contribution in [-0.2, 0) is 19.1 Å². The lowest BCUT2D eigenvalue weighted by Crippen LogP contribution is -2.63. The number of ether oxygens (including phenoxy) is 1. The molecule has 34 heavy (non-hydrogen) atoms. The number of fused-ring (bicyclic) bond motifs is 3. The molecular weight excluding hydrogens is 438 g/mol. The zero-order chi connectivity index (χ0) is 24.5. The molecule has 0 saturated carbocycles. The van der Waals surface area contributed by atoms with Gasteiger partial charge in [0, 0.05) is 5.92 Å². The Labute approximate surface area is 197 Å². The summed E-state index contributed by atoms with van der Waals surface area (Å²) < 4.78 is 5.58. The standard InChI is InChI=1S/C25H27N3O6/c1-3-25(4-2,23(32)28-20(22(30)31)13-21(29)27-28)26-24(33)34-14-19-17-11-7-5-9-15(17)16-10-6-8-12-18(16)19/h5-12,19-20H,3-4,13-14H2,1-2H3,(H,26,33)(H,27,29)(H,30,31). The second-order valence-electron chi connectivity index (χ2n) is 8.51. The fourth-order valence-corrected chi connectivity index (χ4v) is 4.76. The zero-order valence-electron chi connectivity index (χ0n) is 19.0. The number of nitrogens with one attached hydrogen (secondary N) is 2. The van der Waals surface area contributed by atoms with Gasteiger partial charge in [0.15, 0.2) is 6.04 Å². The van der Waals surface area contributed by atoms with Gasteiger partial charge >= 0.3 is 12.1 Å². The molecule has 4 rings (SSSR count). The molecule has 178 valence electrons. The van der Waals surface area contributed by atoms with E-state index in [9.17, 15) is 24.3 Å². The summed E-state index contributed by atoms with van der Waals surface area (Å²) in [6, 6.07) is 14.6. The van der Waals surface area contributed by atoms with Crippen LogP contribution in [0, 0.1) is 0 Å². The summed E-state index contributed by atoms with van der Waals surface area (Å²) in [5.74, 6) is -2.69. The third kappa shape index (κ3) is 3.98. The molecular formula is C25H27N3O6. The number of carbonyl (C=O) groups is 4. The lowest BCUT2D eigenvalue weighted by Gasteiger charge is -2.35. The smallest absolute Gasteiger partial charge is 0.408 e. The van der Waals surface area contributed by atoms with Crippen molar-refractivity contribution in [2.45, 2.75) is 50.6 Å². The molecule has 3 amide bonds. The SMILES string of the molecule is CCC(CC)(NC(=O)OCC1c2ccccc2-c2ccccc21)C(=O)N1NC(=O)CC1C(=O)O. The molecule has 2 aromatic carbocycles. The van der Waals surface area contributed by atoms with Gasteiger partial charge in [-0.25, -0.2) is 14.6 Å². The predicted octanol–water partition coefficient (Wildman–Crippen LogP) is 2.80. The molecule has 1 aliphatic carbocycles. The van der Waals surface area contributed by atoms with Gasteiger partial charge in [-0.2, -0.15) is 0 Å². The summed E-state index contributed by atoms with van der Waals surface area (Å²) >= 11 is 0. The average molecular weight is 466 g/mol. The molecule has 1 unspecified atom stereocenters. The fraction of sp³-hybridized carbons (Fsp3) is 0.360. The molecule has 0 aromatic heterocycles. The number of carboxylic acids is 1. The van der Waals surface area contributed by atoms with E-state index in [0.29, 0.717) is 0 Å². The molecule has 1 atom stereocenters. The van der Waals surface area contributed by atoms with Crippen LogP contribution in [0.5, 0.6) is 0 Å². The van der Waals surface area contributed by atoms with Gasteiger partial charge in [-0.1, -0.05) is 62.4 Å². The van der Waals surface area contributed by atoms with E-state index in [1.54, 1.807) is 13.8 Å². The minimum absolute atomic E-state index is 0.0791. The van der Waals surface area contributed by atoms with Crippen LogP contribution in [0.1, 0.15) is 50.2 Å². The highest BCUT2D eigenvalue weighted by Gasteiger charge is 2.48. The largest absolute Gasteiger partial charge is 0.480 e. The number of rotatable bonds is 7. The number of hydrazine groups is 1. The molecule has 2 aliphatic rings. The third-order valence-electron chi connectivity index (χ3n) is 6.74. The van der Waals surface area contributed by atoms with E-state index >= 15 is 0 Å². The highest BCUT2D eigenvalue weighted by molar-refractivity contribution is 5.98. The minimum Gasteiger partial charge on any atom is -0.480 e. The number of alkyl carbamates (subject to hydrolysis) is 1. The number of benzene rings is 2. The van der Waals surface area contributed by atoms with Crippen LogP contribution in [0.2, 0.25) is 0 Å². The number of carbonyl (C=O) groups excluding carboxylic acids is 3. The zero-order valence-corrected chi connectivity index (χ0v) is 19.0. The topological polar surface area (TPSA) is 125 Å². The maximum atomic E-state index is 13.3. The van der Waals surface area contributed by atoms with Crippen molar-refractivity contribution in [1.82, 2.24) is 15.8 Å². The van der Waals surface area contributed by atoms with E-state index in [0.717, 1.165) is 27.3 Å². The van der Waals surface area contributed by atoms with Gasteiger partial charge in [0.05, 0.1) is 6.42 Å². The lowest BCUT2D eigenvalue weighted by molar-refractivity contribution is -0.154. The quantitative estimate of drug-likeness (QED) is 0.578. The van der Waals surface area contributed by atoms with E-state index < -0.39 is 35.5 Å². The Kier molecular flexibility index (Phi) is 6.28. The van der Waals surface area contributed by atoms with Crippen LogP contribution in [0.15, 0.2) is 48.5 Å². The van der Waals surface area contributed by atoms with Gasteiger partial charge in [0.2, 0.25) is 5.91 Å². The van der Waals surface area contributed by atoms with Gasteiger partial charge in [-0.3, -0.25) is 15.0 Å². The van der Waals surface area contributed by atoms with Crippen molar-refractivity contribution in [2.24, 2.45) is 0 Å². The number of aliphatic carboxylic acids is 1. The van der Waals surface area contributed by atoms with Crippen LogP contribution in [0.3, 0.4) is 0 Å². The first-order valence-corrected chi connectivity index (χ1v) is 11.3. The second-order valence-corrected chi connectivity index (χ2v) is 8.51. The summed E-state index contributed by atoms with van der Waals surface area (Å²) in [4.78, 5) is 49.4. The van der Waals surface area contributed by atoms with Crippen LogP contribution in [0.25, 0.3) is 11.1 Å². The number of carboxylic acid groups (broad SMARTS) is 1. The summed E-state index contributed by atoms with van der Waals surface area (Å²) in [5, 5.41) is 12.9. The van der Waals surface area contributed by atoms with Gasteiger partial charge in [-0.15, -0.1) is 0 Å². The predicted molar refractivity (Wildman–Crippen MR) is 123 cm³/mol. The molecule has 2 aromatic rings. The van der Waals surface area contributed by atoms with Gasteiger partial charge < -0.3 is 15.2 Å². The van der Waals surface area contributed by atoms with E-state index in [4.69, 9.17) is 4.74 Å². The Bertz CT molecular complexity index is 1100. The first-order valence-electron chi connectivity index (χ1n) is 11.3. The highest BCUT2D eigenvalue weighted by atomic mass is 16.5. The average Bonchev–Trinajstić information content (AvgIpc) is 3.39. The molecule has 1 aliphatic heterocycles. The van der Waals surface area contributed by atoms with Crippen LogP contribution < -0.4 is 10.7 Å². The van der Waals surface area contributed by atoms with Crippen molar-refractivity contribution < 1.29 is 29.0 Å². The van der Waals surface area contributed by atoms with Gasteiger partial charge in [0.1, 0.15) is 12.1 Å². The maximum Gasteiger partial charge on any atom is 0.408 e. The van der Waals surface area contributed by atoms with Crippen molar-refractivity contribution in [3.8, 4) is 11.1 Å². The Balaban J connectivity index is 1.49. The first kappa shape index (κ1) is 23.3. The molecule has 1 fully saturated rings. The van der Waals surface area contributed by atoms with E-state index in [1.165, 1.54) is 0 Å². The summed E-state index contributed by atoms with van der Waals surface area (Å²) in [7, 11) is 0. The molecule has 0 bridgehead atoms. The normalized spacial score (nSPS) is 17.1. The lowest BCUT2D eigenvalue weighted by atomic mass is 9.91. The van der Waals surface area contributed by atoms with Crippen molar-refractivity contribution in [3.05, 3.63) is 59.7 Å². The van der Waals surface area contributed by atoms with Crippen molar-refractivity contribution in [2.75, 3.05) is 6.61 Å². The van der Waals surface area contributed by atoms with Crippen LogP contribution >= 0.6 is 0 Å². The Morgan fingerprint density at radius 2 is 1.62 bits per heavy atom. The molecule has 1 heterocycles. The third-order valence-corrected chi connectivity index (χ3v) is 6.74. The second kappa shape index (κ2) is 9.17. The first-order chi connectivity index (χ1) is 16.3. The minimum atomic E-state index is -1.42. The Morgan fingerprint density at radius 1 is 1.06 bits per heavy atom. The van der Waals surface area contributed by atoms with E-state index in [2.05, 4.69) is 10.7 Å². The number of amides is 3. The molecule has 9 nitrogen and oxygen atoms in total. The fourth-order valence-electron chi connectivity index (χ4n) is 4.76. The highest BCUT2D eigenvalue weighted by Crippen LogP contribution is 2.44. The molecule has 3 N–H and O–H groups in total. The van der Waals surface area contributed by atoms with Gasteiger partial charge in [0.25, 0.3) is 5.91 Å². The summed E-state index contributed by atoms with van der Waals surface area (Å²) in [6.45, 7) is 3.49. The number of hydrogen-bond donors (Lipinski definition) is 3. The van der Waals surface area contributed by atoms with Crippen molar-refractivity contribution >= 4 is 23.9 Å². The van der Waals surface area contributed by atoms with Crippen molar-refractivity contribution in [1.29, 1.82) is 0 Å². The van der Waals surface area contributed by atoms with Crippen LogP contribution in [0.4, 0.5) is 4.79 Å². The van der Waals surface area contributed by atoms with Gasteiger partial charge in [-0.05, 0) is 35.1 Å². The molecule has 1 saturated heterocycles. The summed E-state index contributed by atoms with van der Waals surface area (Å²) in [5.41, 5.74) is 5.21. The molecule has 0 spiro atoms. The maximum absolute atomic E-state index is 13.3. The summed E-state index contributed by atoms with van der Waals surface area (Å²) in [6.07, 6.45) is -0.747. The van der Waals surface area contributed by atoms with E-state index in [-0.39, 0.29) is 31.8 Å².